The number of esters is 2. The van der Waals surface area contributed by atoms with Crippen molar-refractivity contribution in [2.24, 2.45) is 0 Å². The summed E-state index contributed by atoms with van der Waals surface area (Å²) in [7, 11) is 0. The Labute approximate surface area is 154 Å². The smallest absolute Gasteiger partial charge is 0.408 e. The van der Waals surface area contributed by atoms with E-state index in [1.807, 2.05) is 0 Å². The van der Waals surface area contributed by atoms with Crippen LogP contribution >= 0.6 is 0 Å². The second-order valence-corrected chi connectivity index (χ2v) is 7.39. The number of unbranched alkanes of at least 4 members (excludes halogenated alkanes) is 2. The number of carbonyl (C=O) groups is 3. The van der Waals surface area contributed by atoms with Crippen LogP contribution in [0.3, 0.4) is 0 Å². The van der Waals surface area contributed by atoms with E-state index >= 15 is 0 Å². The maximum Gasteiger partial charge on any atom is 0.408 e. The van der Waals surface area contributed by atoms with Crippen LogP contribution in [-0.2, 0) is 28.5 Å². The lowest BCUT2D eigenvalue weighted by atomic mass is 10.0. The molecule has 1 rings (SSSR count). The molecule has 8 heteroatoms. The van der Waals surface area contributed by atoms with E-state index in [2.05, 4.69) is 12.2 Å². The Morgan fingerprint density at radius 3 is 2.15 bits per heavy atom. The van der Waals surface area contributed by atoms with Crippen molar-refractivity contribution in [1.82, 2.24) is 5.32 Å². The van der Waals surface area contributed by atoms with E-state index in [9.17, 15) is 14.4 Å². The SMILES string of the molecule is CCCCC[C@H]1OC(OC(C)=O)[C@@H](OC(C)=O)[C@@H]1NC(=O)OC(C)(C)C. The number of hydrogen-bond acceptors (Lipinski definition) is 7. The van der Waals surface area contributed by atoms with Gasteiger partial charge >= 0.3 is 18.0 Å². The fourth-order valence-electron chi connectivity index (χ4n) is 2.76. The van der Waals surface area contributed by atoms with Crippen molar-refractivity contribution in [1.29, 1.82) is 0 Å². The lowest BCUT2D eigenvalue weighted by molar-refractivity contribution is -0.194. The van der Waals surface area contributed by atoms with Crippen LogP contribution in [-0.4, -0.2) is 48.2 Å². The first-order valence-corrected chi connectivity index (χ1v) is 9.03. The van der Waals surface area contributed by atoms with Crippen LogP contribution in [0.4, 0.5) is 4.79 Å². The van der Waals surface area contributed by atoms with E-state index in [0.717, 1.165) is 19.3 Å². The van der Waals surface area contributed by atoms with Gasteiger partial charge in [-0.2, -0.15) is 0 Å². The third kappa shape index (κ3) is 7.59. The van der Waals surface area contributed by atoms with E-state index in [4.69, 9.17) is 18.9 Å². The molecule has 0 bridgehead atoms. The number of ether oxygens (including phenoxy) is 4. The minimum absolute atomic E-state index is 0.456. The standard InChI is InChI=1S/C18H31NO7/c1-7-8-9-10-13-14(19-17(22)26-18(4,5)6)15(23-11(2)20)16(25-13)24-12(3)21/h13-16H,7-10H2,1-6H3,(H,19,22)/t13-,14-,15+,16?/m1/s1. The van der Waals surface area contributed by atoms with Crippen LogP contribution in [0.2, 0.25) is 0 Å². The minimum atomic E-state index is -1.07. The highest BCUT2D eigenvalue weighted by Crippen LogP contribution is 2.29. The molecule has 0 spiro atoms. The molecule has 0 aromatic heterocycles. The Kier molecular flexibility index (Phi) is 8.33. The van der Waals surface area contributed by atoms with Crippen molar-refractivity contribution in [2.45, 2.75) is 97.4 Å². The summed E-state index contributed by atoms with van der Waals surface area (Å²) in [6, 6.07) is -0.671. The van der Waals surface area contributed by atoms with Gasteiger partial charge < -0.3 is 24.3 Å². The van der Waals surface area contributed by atoms with Crippen molar-refractivity contribution in [2.75, 3.05) is 0 Å². The molecule has 0 aromatic rings. The Bertz CT molecular complexity index is 500. The van der Waals surface area contributed by atoms with E-state index in [1.165, 1.54) is 13.8 Å². The Hall–Kier alpha value is -1.83. The summed E-state index contributed by atoms with van der Waals surface area (Å²) in [5, 5.41) is 2.72. The molecule has 1 amide bonds. The molecule has 0 saturated carbocycles. The summed E-state index contributed by atoms with van der Waals surface area (Å²) in [6.45, 7) is 9.83. The summed E-state index contributed by atoms with van der Waals surface area (Å²) < 4.78 is 21.5. The zero-order chi connectivity index (χ0) is 19.9. The zero-order valence-corrected chi connectivity index (χ0v) is 16.5. The van der Waals surface area contributed by atoms with Gasteiger partial charge in [0.25, 0.3) is 0 Å². The minimum Gasteiger partial charge on any atom is -0.454 e. The van der Waals surface area contributed by atoms with Crippen molar-refractivity contribution in [3.8, 4) is 0 Å². The van der Waals surface area contributed by atoms with Crippen LogP contribution in [0.15, 0.2) is 0 Å². The molecule has 1 heterocycles. The summed E-state index contributed by atoms with van der Waals surface area (Å²) >= 11 is 0. The summed E-state index contributed by atoms with van der Waals surface area (Å²) in [5.74, 6) is -1.11. The maximum atomic E-state index is 12.2. The molecular weight excluding hydrogens is 342 g/mol. The first kappa shape index (κ1) is 22.2. The topological polar surface area (TPSA) is 100 Å². The third-order valence-corrected chi connectivity index (χ3v) is 3.69. The number of nitrogens with one attached hydrogen (secondary N) is 1. The Morgan fingerprint density at radius 1 is 1.04 bits per heavy atom. The van der Waals surface area contributed by atoms with Gasteiger partial charge in [-0.1, -0.05) is 26.2 Å². The molecule has 1 aliphatic heterocycles. The van der Waals surface area contributed by atoms with E-state index < -0.39 is 48.2 Å². The normalized spacial score (nSPS) is 25.5. The van der Waals surface area contributed by atoms with E-state index in [1.54, 1.807) is 20.8 Å². The van der Waals surface area contributed by atoms with Gasteiger partial charge in [0.2, 0.25) is 6.29 Å². The fraction of sp³-hybridized carbons (Fsp3) is 0.833. The quantitative estimate of drug-likeness (QED) is 0.416. The molecule has 0 aliphatic carbocycles. The molecule has 0 aromatic carbocycles. The number of carbonyl (C=O) groups excluding carboxylic acids is 3. The largest absolute Gasteiger partial charge is 0.454 e. The van der Waals surface area contributed by atoms with Crippen LogP contribution in [0.25, 0.3) is 0 Å². The Morgan fingerprint density at radius 2 is 1.65 bits per heavy atom. The van der Waals surface area contributed by atoms with Crippen molar-refractivity contribution in [3.05, 3.63) is 0 Å². The summed E-state index contributed by atoms with van der Waals surface area (Å²) in [6.07, 6.45) is 0.415. The van der Waals surface area contributed by atoms with Gasteiger partial charge in [-0.15, -0.1) is 0 Å². The first-order chi connectivity index (χ1) is 12.0. The molecule has 1 N–H and O–H groups in total. The molecule has 26 heavy (non-hydrogen) atoms. The average Bonchev–Trinajstić information content (AvgIpc) is 2.74. The average molecular weight is 373 g/mol. The van der Waals surface area contributed by atoms with Crippen molar-refractivity contribution >= 4 is 18.0 Å². The molecular formula is C18H31NO7. The first-order valence-electron chi connectivity index (χ1n) is 9.03. The monoisotopic (exact) mass is 373 g/mol. The van der Waals surface area contributed by atoms with Gasteiger partial charge in [0.05, 0.1) is 6.10 Å². The highest BCUT2D eigenvalue weighted by atomic mass is 16.7. The molecule has 4 atom stereocenters. The maximum absolute atomic E-state index is 12.2. The predicted molar refractivity (Wildman–Crippen MR) is 93.3 cm³/mol. The Balaban J connectivity index is 2.95. The van der Waals surface area contributed by atoms with Gasteiger partial charge in [-0.25, -0.2) is 4.79 Å². The lowest BCUT2D eigenvalue weighted by Gasteiger charge is -2.26. The second kappa shape index (κ2) is 9.75. The van der Waals surface area contributed by atoms with Crippen LogP contribution in [0, 0.1) is 0 Å². The zero-order valence-electron chi connectivity index (χ0n) is 16.5. The number of amides is 1. The second-order valence-electron chi connectivity index (χ2n) is 7.39. The lowest BCUT2D eigenvalue weighted by Crippen LogP contribution is -2.51. The molecule has 1 unspecified atom stereocenters. The third-order valence-electron chi connectivity index (χ3n) is 3.69. The van der Waals surface area contributed by atoms with Gasteiger partial charge in [0.15, 0.2) is 6.10 Å². The van der Waals surface area contributed by atoms with Crippen molar-refractivity contribution < 1.29 is 33.3 Å². The number of rotatable bonds is 7. The molecule has 1 saturated heterocycles. The van der Waals surface area contributed by atoms with Crippen LogP contribution in [0.1, 0.15) is 67.2 Å². The summed E-state index contributed by atoms with van der Waals surface area (Å²) in [5.41, 5.74) is -0.673. The summed E-state index contributed by atoms with van der Waals surface area (Å²) in [4.78, 5) is 35.1. The van der Waals surface area contributed by atoms with Crippen molar-refractivity contribution in [3.63, 3.8) is 0 Å². The van der Waals surface area contributed by atoms with E-state index in [0.29, 0.717) is 6.42 Å². The highest BCUT2D eigenvalue weighted by Gasteiger charge is 2.49. The fourth-order valence-corrected chi connectivity index (χ4v) is 2.76. The highest BCUT2D eigenvalue weighted by molar-refractivity contribution is 5.69. The molecule has 1 fully saturated rings. The van der Waals surface area contributed by atoms with Gasteiger partial charge in [0, 0.05) is 13.8 Å². The number of alkyl carbamates (subject to hydrolysis) is 1. The number of hydrogen-bond donors (Lipinski definition) is 1. The van der Waals surface area contributed by atoms with Crippen LogP contribution < -0.4 is 5.32 Å². The van der Waals surface area contributed by atoms with Gasteiger partial charge in [-0.05, 0) is 27.2 Å². The predicted octanol–water partition coefficient (Wildman–Crippen LogP) is 2.68. The molecule has 8 nitrogen and oxygen atoms in total. The molecule has 150 valence electrons. The molecule has 0 radical (unpaired) electrons. The van der Waals surface area contributed by atoms with Gasteiger partial charge in [-0.3, -0.25) is 9.59 Å². The van der Waals surface area contributed by atoms with Gasteiger partial charge in [0.1, 0.15) is 11.6 Å². The van der Waals surface area contributed by atoms with E-state index in [-0.39, 0.29) is 0 Å². The van der Waals surface area contributed by atoms with Crippen LogP contribution in [0.5, 0.6) is 0 Å². The molecule has 1 aliphatic rings.